The van der Waals surface area contributed by atoms with Crippen molar-refractivity contribution in [3.05, 3.63) is 51.7 Å². The van der Waals surface area contributed by atoms with Crippen LogP contribution in [-0.2, 0) is 11.2 Å². The maximum absolute atomic E-state index is 12.6. The lowest BCUT2D eigenvalue weighted by Crippen LogP contribution is -2.37. The van der Waals surface area contributed by atoms with E-state index in [4.69, 9.17) is 9.47 Å². The molecule has 0 radical (unpaired) electrons. The predicted octanol–water partition coefficient (Wildman–Crippen LogP) is 3.92. The van der Waals surface area contributed by atoms with E-state index in [2.05, 4.69) is 18.4 Å². The third-order valence-electron chi connectivity index (χ3n) is 4.35. The van der Waals surface area contributed by atoms with Gasteiger partial charge in [0, 0.05) is 23.6 Å². The number of amides is 1. The van der Waals surface area contributed by atoms with E-state index in [1.165, 1.54) is 10.4 Å². The number of carbonyl (C=O) groups excluding carboxylic acids is 1. The monoisotopic (exact) mass is 343 g/mol. The number of hydrogen-bond acceptors (Lipinski definition) is 4. The number of thiophene rings is 1. The van der Waals surface area contributed by atoms with Gasteiger partial charge in [-0.25, -0.2) is 0 Å². The molecule has 5 heteroatoms. The lowest BCUT2D eigenvalue weighted by molar-refractivity contribution is -0.128. The van der Waals surface area contributed by atoms with Crippen LogP contribution < -0.4 is 9.47 Å². The van der Waals surface area contributed by atoms with Crippen molar-refractivity contribution in [2.24, 2.45) is 0 Å². The van der Waals surface area contributed by atoms with Crippen molar-refractivity contribution >= 4 is 23.3 Å². The van der Waals surface area contributed by atoms with Crippen molar-refractivity contribution in [2.75, 3.05) is 20.8 Å². The molecule has 1 atom stereocenters. The van der Waals surface area contributed by atoms with E-state index >= 15 is 0 Å². The second kappa shape index (κ2) is 7.09. The van der Waals surface area contributed by atoms with Gasteiger partial charge in [-0.2, -0.15) is 0 Å². The fourth-order valence-corrected chi connectivity index (χ4v) is 3.96. The molecule has 0 fully saturated rings. The second-order valence-corrected chi connectivity index (χ2v) is 6.74. The quantitative estimate of drug-likeness (QED) is 0.790. The summed E-state index contributed by atoms with van der Waals surface area (Å²) in [5.74, 6) is 1.44. The highest BCUT2D eigenvalue weighted by molar-refractivity contribution is 7.10. The first-order valence-corrected chi connectivity index (χ1v) is 8.78. The Bertz CT molecular complexity index is 743. The lowest BCUT2D eigenvalue weighted by Gasteiger charge is -2.32. The summed E-state index contributed by atoms with van der Waals surface area (Å²) < 4.78 is 10.5. The molecule has 0 saturated heterocycles. The van der Waals surface area contributed by atoms with Crippen LogP contribution in [0.15, 0.2) is 35.7 Å². The number of benzene rings is 1. The molecule has 0 bridgehead atoms. The van der Waals surface area contributed by atoms with Gasteiger partial charge in [0.1, 0.15) is 11.5 Å². The van der Waals surface area contributed by atoms with Gasteiger partial charge in [-0.05, 0) is 54.1 Å². The van der Waals surface area contributed by atoms with Gasteiger partial charge in [0.15, 0.2) is 0 Å². The number of fused-ring (bicyclic) bond motifs is 1. The molecule has 1 amide bonds. The van der Waals surface area contributed by atoms with Crippen LogP contribution in [0.4, 0.5) is 0 Å². The van der Waals surface area contributed by atoms with Crippen LogP contribution in [-0.4, -0.2) is 31.6 Å². The van der Waals surface area contributed by atoms with Gasteiger partial charge in [0.25, 0.3) is 0 Å². The van der Waals surface area contributed by atoms with E-state index in [-0.39, 0.29) is 11.9 Å². The van der Waals surface area contributed by atoms with E-state index < -0.39 is 0 Å². The summed E-state index contributed by atoms with van der Waals surface area (Å²) in [5, 5.41) is 2.10. The second-order valence-electron chi connectivity index (χ2n) is 5.74. The van der Waals surface area contributed by atoms with Gasteiger partial charge >= 0.3 is 0 Å². The molecule has 2 aromatic rings. The molecular formula is C19H21NO3S. The summed E-state index contributed by atoms with van der Waals surface area (Å²) in [4.78, 5) is 15.9. The maximum atomic E-state index is 12.6. The summed E-state index contributed by atoms with van der Waals surface area (Å²) in [6, 6.07) is 7.81. The van der Waals surface area contributed by atoms with E-state index in [0.717, 1.165) is 18.5 Å². The SMILES string of the molecule is COc1cc(/C=C/C(=O)N2CCc3sccc3C2C)cc(OC)c1. The van der Waals surface area contributed by atoms with Crippen LogP contribution in [0.3, 0.4) is 0 Å². The van der Waals surface area contributed by atoms with Crippen LogP contribution in [0.2, 0.25) is 0 Å². The minimum Gasteiger partial charge on any atom is -0.497 e. The Labute approximate surface area is 146 Å². The first kappa shape index (κ1) is 16.6. The molecule has 126 valence electrons. The van der Waals surface area contributed by atoms with Crippen LogP contribution in [0.1, 0.15) is 29.0 Å². The Kier molecular flexibility index (Phi) is 4.90. The molecule has 24 heavy (non-hydrogen) atoms. The fraction of sp³-hybridized carbons (Fsp3) is 0.316. The molecule has 0 aliphatic carbocycles. The Hall–Kier alpha value is -2.27. The molecule has 4 nitrogen and oxygen atoms in total. The minimum absolute atomic E-state index is 0.0288. The average molecular weight is 343 g/mol. The standard InChI is InChI=1S/C19H21NO3S/c1-13-17-7-9-24-18(17)6-8-20(13)19(21)5-4-14-10-15(22-2)12-16(11-14)23-3/h4-5,7,9-13H,6,8H2,1-3H3/b5-4+. The zero-order valence-corrected chi connectivity index (χ0v) is 14.9. The zero-order valence-electron chi connectivity index (χ0n) is 14.1. The molecule has 0 saturated carbocycles. The topological polar surface area (TPSA) is 38.8 Å². The van der Waals surface area contributed by atoms with Gasteiger partial charge in [-0.15, -0.1) is 11.3 Å². The number of hydrogen-bond donors (Lipinski definition) is 0. The molecule has 1 aliphatic heterocycles. The Balaban J connectivity index is 1.76. The van der Waals surface area contributed by atoms with E-state index in [0.29, 0.717) is 11.5 Å². The number of nitrogens with zero attached hydrogens (tertiary/aromatic N) is 1. The Morgan fingerprint density at radius 1 is 1.25 bits per heavy atom. The first-order valence-electron chi connectivity index (χ1n) is 7.90. The van der Waals surface area contributed by atoms with E-state index in [1.807, 2.05) is 29.2 Å². The van der Waals surface area contributed by atoms with Gasteiger partial charge < -0.3 is 14.4 Å². The maximum Gasteiger partial charge on any atom is 0.247 e. The highest BCUT2D eigenvalue weighted by Gasteiger charge is 2.26. The Morgan fingerprint density at radius 2 is 1.96 bits per heavy atom. The summed E-state index contributed by atoms with van der Waals surface area (Å²) in [5.41, 5.74) is 2.15. The first-order chi connectivity index (χ1) is 11.6. The third kappa shape index (κ3) is 3.31. The molecular weight excluding hydrogens is 322 g/mol. The summed E-state index contributed by atoms with van der Waals surface area (Å²) in [6.07, 6.45) is 4.37. The molecule has 1 aromatic carbocycles. The number of carbonyl (C=O) groups is 1. The lowest BCUT2D eigenvalue weighted by atomic mass is 10.0. The minimum atomic E-state index is 0.0288. The van der Waals surface area contributed by atoms with Crippen molar-refractivity contribution in [1.29, 1.82) is 0 Å². The summed E-state index contributed by atoms with van der Waals surface area (Å²) >= 11 is 1.78. The molecule has 1 aliphatic rings. The molecule has 2 heterocycles. The van der Waals surface area contributed by atoms with Gasteiger partial charge in [-0.1, -0.05) is 0 Å². The van der Waals surface area contributed by atoms with Crippen LogP contribution in [0.5, 0.6) is 11.5 Å². The van der Waals surface area contributed by atoms with Crippen molar-refractivity contribution in [3.63, 3.8) is 0 Å². The average Bonchev–Trinajstić information content (AvgIpc) is 3.09. The fourth-order valence-electron chi connectivity index (χ4n) is 3.00. The van der Waals surface area contributed by atoms with Gasteiger partial charge in [0.05, 0.1) is 20.3 Å². The van der Waals surface area contributed by atoms with Crippen molar-refractivity contribution < 1.29 is 14.3 Å². The number of rotatable bonds is 4. The van der Waals surface area contributed by atoms with Crippen LogP contribution in [0.25, 0.3) is 6.08 Å². The summed E-state index contributed by atoms with van der Waals surface area (Å²) in [6.45, 7) is 2.85. The molecule has 0 N–H and O–H groups in total. The van der Waals surface area contributed by atoms with Crippen molar-refractivity contribution in [3.8, 4) is 11.5 Å². The largest absolute Gasteiger partial charge is 0.497 e. The van der Waals surface area contributed by atoms with E-state index in [9.17, 15) is 4.79 Å². The third-order valence-corrected chi connectivity index (χ3v) is 5.35. The summed E-state index contributed by atoms with van der Waals surface area (Å²) in [7, 11) is 3.22. The van der Waals surface area contributed by atoms with E-state index in [1.54, 1.807) is 31.6 Å². The molecule has 1 unspecified atom stereocenters. The van der Waals surface area contributed by atoms with Crippen molar-refractivity contribution in [1.82, 2.24) is 4.90 Å². The van der Waals surface area contributed by atoms with Crippen LogP contribution in [0, 0.1) is 0 Å². The molecule has 3 rings (SSSR count). The predicted molar refractivity (Wildman–Crippen MR) is 96.7 cm³/mol. The van der Waals surface area contributed by atoms with Gasteiger partial charge in [-0.3, -0.25) is 4.79 Å². The highest BCUT2D eigenvalue weighted by Crippen LogP contribution is 2.33. The number of ether oxygens (including phenoxy) is 2. The molecule has 0 spiro atoms. The van der Waals surface area contributed by atoms with Crippen LogP contribution >= 0.6 is 11.3 Å². The smallest absolute Gasteiger partial charge is 0.247 e. The zero-order chi connectivity index (χ0) is 17.1. The molecule has 1 aromatic heterocycles. The van der Waals surface area contributed by atoms with Gasteiger partial charge in [0.2, 0.25) is 5.91 Å². The normalized spacial score (nSPS) is 17.0. The highest BCUT2D eigenvalue weighted by atomic mass is 32.1. The number of methoxy groups -OCH3 is 2. The Morgan fingerprint density at radius 3 is 2.62 bits per heavy atom. The van der Waals surface area contributed by atoms with Crippen molar-refractivity contribution in [2.45, 2.75) is 19.4 Å².